The second-order valence-corrected chi connectivity index (χ2v) is 9.25. The molecular formula is C29H45FN2O. The molecule has 0 aliphatic heterocycles. The maximum atomic E-state index is 13.7. The van der Waals surface area contributed by atoms with Gasteiger partial charge in [0, 0.05) is 24.4 Å². The van der Waals surface area contributed by atoms with Gasteiger partial charge in [0.2, 0.25) is 0 Å². The number of halogens is 1. The zero-order chi connectivity index (χ0) is 23.6. The Kier molecular flexibility index (Phi) is 14.5. The lowest BCUT2D eigenvalue weighted by Crippen LogP contribution is -2.07. The molecule has 1 aromatic heterocycles. The molecule has 1 aromatic carbocycles. The highest BCUT2D eigenvalue weighted by atomic mass is 19.1. The van der Waals surface area contributed by atoms with Crippen LogP contribution in [0.4, 0.5) is 4.39 Å². The molecular weight excluding hydrogens is 411 g/mol. The smallest absolute Gasteiger partial charge is 0.159 e. The van der Waals surface area contributed by atoms with E-state index in [0.717, 1.165) is 36.4 Å². The van der Waals surface area contributed by atoms with Crippen LogP contribution in [0.1, 0.15) is 109 Å². The maximum absolute atomic E-state index is 13.7. The summed E-state index contributed by atoms with van der Waals surface area (Å²) >= 11 is 0. The molecule has 2 rings (SSSR count). The van der Waals surface area contributed by atoms with E-state index in [0.29, 0.717) is 19.4 Å². The summed E-state index contributed by atoms with van der Waals surface area (Å²) in [5, 5.41) is 0. The van der Waals surface area contributed by atoms with Crippen LogP contribution in [0.15, 0.2) is 36.7 Å². The summed E-state index contributed by atoms with van der Waals surface area (Å²) in [4.78, 5) is 9.11. The van der Waals surface area contributed by atoms with Gasteiger partial charge >= 0.3 is 0 Å². The molecule has 4 heteroatoms. The number of hydrogen-bond acceptors (Lipinski definition) is 3. The second kappa shape index (κ2) is 17.5. The Morgan fingerprint density at radius 2 is 1.30 bits per heavy atom. The van der Waals surface area contributed by atoms with E-state index in [4.69, 9.17) is 4.74 Å². The van der Waals surface area contributed by atoms with E-state index in [-0.39, 0.29) is 0 Å². The fraction of sp³-hybridized carbons (Fsp3) is 0.655. The minimum atomic E-state index is -0.767. The Balaban J connectivity index is 1.62. The molecule has 33 heavy (non-hydrogen) atoms. The van der Waals surface area contributed by atoms with Gasteiger partial charge in [-0.25, -0.2) is 14.4 Å². The molecule has 0 unspecified atom stereocenters. The van der Waals surface area contributed by atoms with Gasteiger partial charge in [-0.05, 0) is 49.1 Å². The molecule has 3 nitrogen and oxygen atoms in total. The predicted octanol–water partition coefficient (Wildman–Crippen LogP) is 8.90. The topological polar surface area (TPSA) is 35.0 Å². The number of rotatable bonds is 19. The number of benzene rings is 1. The first-order valence-electron chi connectivity index (χ1n) is 13.4. The highest BCUT2D eigenvalue weighted by molar-refractivity contribution is 5.55. The molecule has 0 bridgehead atoms. The third-order valence-electron chi connectivity index (χ3n) is 6.21. The van der Waals surface area contributed by atoms with Crippen LogP contribution < -0.4 is 4.74 Å². The molecule has 1 heterocycles. The number of aromatic nitrogens is 2. The number of aryl methyl sites for hydroxylation is 1. The molecule has 0 fully saturated rings. The maximum Gasteiger partial charge on any atom is 0.159 e. The van der Waals surface area contributed by atoms with Crippen molar-refractivity contribution < 1.29 is 9.13 Å². The third kappa shape index (κ3) is 12.2. The monoisotopic (exact) mass is 456 g/mol. The number of nitrogens with zero attached hydrogens (tertiary/aromatic N) is 2. The van der Waals surface area contributed by atoms with E-state index in [9.17, 15) is 4.39 Å². The number of hydrogen-bond donors (Lipinski definition) is 0. The number of ether oxygens (including phenoxy) is 1. The van der Waals surface area contributed by atoms with E-state index < -0.39 is 6.17 Å². The van der Waals surface area contributed by atoms with Gasteiger partial charge in [0.1, 0.15) is 11.9 Å². The number of unbranched alkanes of at least 4 members (excludes halogenated alkanes) is 10. The van der Waals surface area contributed by atoms with E-state index in [1.54, 1.807) is 0 Å². The van der Waals surface area contributed by atoms with Gasteiger partial charge in [-0.3, -0.25) is 0 Å². The molecule has 1 atom stereocenters. The lowest BCUT2D eigenvalue weighted by molar-refractivity contribution is 0.223. The van der Waals surface area contributed by atoms with Crippen molar-refractivity contribution >= 4 is 0 Å². The molecule has 0 aliphatic rings. The van der Waals surface area contributed by atoms with E-state index in [1.807, 2.05) is 36.7 Å². The van der Waals surface area contributed by atoms with Crippen molar-refractivity contribution in [2.24, 2.45) is 0 Å². The zero-order valence-electron chi connectivity index (χ0n) is 21.0. The largest absolute Gasteiger partial charge is 0.493 e. The van der Waals surface area contributed by atoms with Gasteiger partial charge in [-0.1, -0.05) is 84.5 Å². The Bertz CT molecular complexity index is 717. The van der Waals surface area contributed by atoms with Gasteiger partial charge in [0.05, 0.1) is 6.61 Å². The van der Waals surface area contributed by atoms with E-state index in [2.05, 4.69) is 23.8 Å². The lowest BCUT2D eigenvalue weighted by atomic mass is 10.0. The number of alkyl halides is 1. The average Bonchev–Trinajstić information content (AvgIpc) is 2.85. The summed E-state index contributed by atoms with van der Waals surface area (Å²) in [6.07, 6.45) is 20.8. The summed E-state index contributed by atoms with van der Waals surface area (Å²) in [6.45, 7) is 4.77. The Labute approximate surface area is 201 Å². The zero-order valence-corrected chi connectivity index (χ0v) is 21.0. The van der Waals surface area contributed by atoms with Crippen molar-refractivity contribution in [3.05, 3.63) is 42.2 Å². The van der Waals surface area contributed by atoms with E-state index in [1.165, 1.54) is 69.8 Å². The summed E-state index contributed by atoms with van der Waals surface area (Å²) < 4.78 is 19.4. The van der Waals surface area contributed by atoms with Crippen molar-refractivity contribution in [2.45, 2.75) is 116 Å². The molecule has 184 valence electrons. The first-order chi connectivity index (χ1) is 16.2. The Morgan fingerprint density at radius 3 is 1.91 bits per heavy atom. The standard InChI is InChI=1S/C29H45FN2O/c1-3-5-7-8-9-10-11-12-13-14-15-25-23-31-29(32-24-25)26-17-19-28(20-18-26)33-22-21-27(30)16-6-4-2/h17-20,23-24,27H,3-16,21-22H2,1-2H3/t27-/m1/s1. The fourth-order valence-corrected chi connectivity index (χ4v) is 4.02. The summed E-state index contributed by atoms with van der Waals surface area (Å²) in [5.74, 6) is 1.50. The molecule has 0 amide bonds. The minimum absolute atomic E-state index is 0.411. The van der Waals surface area contributed by atoms with Crippen molar-refractivity contribution in [3.63, 3.8) is 0 Å². The Morgan fingerprint density at radius 1 is 0.727 bits per heavy atom. The molecule has 0 saturated carbocycles. The van der Waals surface area contributed by atoms with Gasteiger partial charge < -0.3 is 4.74 Å². The van der Waals surface area contributed by atoms with Crippen molar-refractivity contribution in [2.75, 3.05) is 6.61 Å². The van der Waals surface area contributed by atoms with Crippen molar-refractivity contribution in [3.8, 4) is 17.1 Å². The van der Waals surface area contributed by atoms with Crippen molar-refractivity contribution in [1.29, 1.82) is 0 Å². The van der Waals surface area contributed by atoms with Crippen LogP contribution in [0.25, 0.3) is 11.4 Å². The normalized spacial score (nSPS) is 12.1. The van der Waals surface area contributed by atoms with Crippen molar-refractivity contribution in [1.82, 2.24) is 9.97 Å². The summed E-state index contributed by atoms with van der Waals surface area (Å²) in [5.41, 5.74) is 2.18. The molecule has 0 aliphatic carbocycles. The first kappa shape index (κ1) is 27.3. The summed E-state index contributed by atoms with van der Waals surface area (Å²) in [6, 6.07) is 7.76. The predicted molar refractivity (Wildman–Crippen MR) is 138 cm³/mol. The average molecular weight is 457 g/mol. The van der Waals surface area contributed by atoms with Crippen LogP contribution >= 0.6 is 0 Å². The quantitative estimate of drug-likeness (QED) is 0.198. The van der Waals surface area contributed by atoms with Crippen LogP contribution in [-0.4, -0.2) is 22.7 Å². The molecule has 2 aromatic rings. The molecule has 0 radical (unpaired) electrons. The molecule has 0 N–H and O–H groups in total. The van der Waals surface area contributed by atoms with Crippen LogP contribution in [0.3, 0.4) is 0 Å². The molecule has 0 spiro atoms. The second-order valence-electron chi connectivity index (χ2n) is 9.25. The van der Waals surface area contributed by atoms with Crippen LogP contribution in [0, 0.1) is 0 Å². The SMILES string of the molecule is CCCCCCCCCCCCc1cnc(-c2ccc(OCC[C@H](F)CCCC)cc2)nc1. The third-order valence-corrected chi connectivity index (χ3v) is 6.21. The Hall–Kier alpha value is -1.97. The van der Waals surface area contributed by atoms with Gasteiger partial charge in [0.25, 0.3) is 0 Å². The van der Waals surface area contributed by atoms with Crippen LogP contribution in [-0.2, 0) is 6.42 Å². The van der Waals surface area contributed by atoms with Gasteiger partial charge in [0.15, 0.2) is 5.82 Å². The van der Waals surface area contributed by atoms with E-state index >= 15 is 0 Å². The minimum Gasteiger partial charge on any atom is -0.493 e. The van der Waals surface area contributed by atoms with Crippen LogP contribution in [0.2, 0.25) is 0 Å². The fourth-order valence-electron chi connectivity index (χ4n) is 4.02. The van der Waals surface area contributed by atoms with Gasteiger partial charge in [-0.15, -0.1) is 0 Å². The highest BCUT2D eigenvalue weighted by Gasteiger charge is 2.07. The van der Waals surface area contributed by atoms with Gasteiger partial charge in [-0.2, -0.15) is 0 Å². The first-order valence-corrected chi connectivity index (χ1v) is 13.4. The summed E-state index contributed by atoms with van der Waals surface area (Å²) in [7, 11) is 0. The lowest BCUT2D eigenvalue weighted by Gasteiger charge is -2.10. The van der Waals surface area contributed by atoms with Crippen LogP contribution in [0.5, 0.6) is 5.75 Å². The molecule has 0 saturated heterocycles. The highest BCUT2D eigenvalue weighted by Crippen LogP contribution is 2.20.